The van der Waals surface area contributed by atoms with E-state index < -0.39 is 5.97 Å². The molecule has 1 amide bonds. The van der Waals surface area contributed by atoms with Crippen LogP contribution in [0.25, 0.3) is 0 Å². The molecule has 0 radical (unpaired) electrons. The first-order valence-electron chi connectivity index (χ1n) is 6.23. The summed E-state index contributed by atoms with van der Waals surface area (Å²) in [4.78, 5) is 22.3. The zero-order valence-corrected chi connectivity index (χ0v) is 10.5. The van der Waals surface area contributed by atoms with Crippen LogP contribution in [0.15, 0.2) is 0 Å². The maximum absolute atomic E-state index is 11.9. The third kappa shape index (κ3) is 4.73. The number of amides is 1. The van der Waals surface area contributed by atoms with Crippen molar-refractivity contribution < 1.29 is 14.7 Å². The van der Waals surface area contributed by atoms with Crippen molar-refractivity contribution in [1.82, 2.24) is 10.6 Å². The van der Waals surface area contributed by atoms with E-state index in [1.807, 2.05) is 6.92 Å². The molecule has 0 aromatic heterocycles. The molecule has 3 N–H and O–H groups in total. The van der Waals surface area contributed by atoms with Crippen LogP contribution in [-0.2, 0) is 9.59 Å². The number of carboxylic acids is 1. The molecule has 0 aromatic carbocycles. The normalized spacial score (nSPS) is 25.5. The standard InChI is InChI=1S/C12H22N2O3/c1-8-6-13-7-10(8)12(17)14-9(2)4-3-5-11(15)16/h8-10,13H,3-7H2,1-2H3,(H,14,17)(H,15,16)/t8-,9?,10-/m1/s1. The van der Waals surface area contributed by atoms with E-state index in [2.05, 4.69) is 17.6 Å². The summed E-state index contributed by atoms with van der Waals surface area (Å²) in [6.07, 6.45) is 1.49. The number of carbonyl (C=O) groups is 2. The lowest BCUT2D eigenvalue weighted by molar-refractivity contribution is -0.137. The Labute approximate surface area is 102 Å². The number of carboxylic acid groups (broad SMARTS) is 1. The molecule has 5 nitrogen and oxygen atoms in total. The minimum atomic E-state index is -0.780. The third-order valence-electron chi connectivity index (χ3n) is 3.27. The predicted octanol–water partition coefficient (Wildman–Crippen LogP) is 0.602. The highest BCUT2D eigenvalue weighted by atomic mass is 16.4. The summed E-state index contributed by atoms with van der Waals surface area (Å²) in [6, 6.07) is 0.0506. The molecule has 0 aliphatic carbocycles. The van der Waals surface area contributed by atoms with Gasteiger partial charge in [0.2, 0.25) is 5.91 Å². The maximum Gasteiger partial charge on any atom is 0.303 e. The van der Waals surface area contributed by atoms with Gasteiger partial charge in [0.25, 0.3) is 0 Å². The molecule has 0 spiro atoms. The second-order valence-electron chi connectivity index (χ2n) is 4.94. The van der Waals surface area contributed by atoms with Crippen molar-refractivity contribution in [1.29, 1.82) is 0 Å². The van der Waals surface area contributed by atoms with Crippen molar-refractivity contribution in [2.24, 2.45) is 11.8 Å². The average molecular weight is 242 g/mol. The van der Waals surface area contributed by atoms with Crippen molar-refractivity contribution in [2.75, 3.05) is 13.1 Å². The summed E-state index contributed by atoms with van der Waals surface area (Å²) >= 11 is 0. The van der Waals surface area contributed by atoms with Gasteiger partial charge in [0.15, 0.2) is 0 Å². The van der Waals surface area contributed by atoms with Gasteiger partial charge in [-0.1, -0.05) is 6.92 Å². The van der Waals surface area contributed by atoms with E-state index in [0.29, 0.717) is 18.8 Å². The predicted molar refractivity (Wildman–Crippen MR) is 64.6 cm³/mol. The Morgan fingerprint density at radius 2 is 2.18 bits per heavy atom. The van der Waals surface area contributed by atoms with Crippen LogP contribution in [0.1, 0.15) is 33.1 Å². The van der Waals surface area contributed by atoms with Crippen LogP contribution in [0.4, 0.5) is 0 Å². The Balaban J connectivity index is 2.23. The molecule has 0 saturated carbocycles. The molecule has 0 bridgehead atoms. The van der Waals surface area contributed by atoms with Crippen molar-refractivity contribution >= 4 is 11.9 Å². The quantitative estimate of drug-likeness (QED) is 0.637. The SMILES string of the molecule is CC(CCCC(=O)O)NC(=O)[C@@H]1CNC[C@H]1C. The molecule has 1 heterocycles. The molecule has 1 saturated heterocycles. The van der Waals surface area contributed by atoms with E-state index in [1.165, 1.54) is 0 Å². The van der Waals surface area contributed by atoms with E-state index in [0.717, 1.165) is 13.1 Å². The van der Waals surface area contributed by atoms with Crippen LogP contribution >= 0.6 is 0 Å². The Morgan fingerprint density at radius 1 is 1.47 bits per heavy atom. The first-order chi connectivity index (χ1) is 8.00. The Hall–Kier alpha value is -1.10. The number of nitrogens with one attached hydrogen (secondary N) is 2. The van der Waals surface area contributed by atoms with Gasteiger partial charge in [-0.2, -0.15) is 0 Å². The molecule has 1 unspecified atom stereocenters. The fourth-order valence-electron chi connectivity index (χ4n) is 2.14. The fraction of sp³-hybridized carbons (Fsp3) is 0.833. The van der Waals surface area contributed by atoms with Crippen molar-refractivity contribution in [3.8, 4) is 0 Å². The monoisotopic (exact) mass is 242 g/mol. The fourth-order valence-corrected chi connectivity index (χ4v) is 2.14. The molecular weight excluding hydrogens is 220 g/mol. The van der Waals surface area contributed by atoms with Crippen LogP contribution in [0.5, 0.6) is 0 Å². The molecule has 17 heavy (non-hydrogen) atoms. The second-order valence-corrected chi connectivity index (χ2v) is 4.94. The van der Waals surface area contributed by atoms with Crippen LogP contribution in [0.2, 0.25) is 0 Å². The van der Waals surface area contributed by atoms with Crippen LogP contribution in [-0.4, -0.2) is 36.1 Å². The molecule has 1 aliphatic heterocycles. The number of rotatable bonds is 6. The molecular formula is C12H22N2O3. The topological polar surface area (TPSA) is 78.4 Å². The van der Waals surface area contributed by atoms with Gasteiger partial charge in [-0.05, 0) is 32.2 Å². The summed E-state index contributed by atoms with van der Waals surface area (Å²) in [5.41, 5.74) is 0. The molecule has 3 atom stereocenters. The first kappa shape index (κ1) is 14.0. The maximum atomic E-state index is 11.9. The van der Waals surface area contributed by atoms with E-state index >= 15 is 0 Å². The smallest absolute Gasteiger partial charge is 0.303 e. The van der Waals surface area contributed by atoms with Crippen LogP contribution < -0.4 is 10.6 Å². The number of hydrogen-bond donors (Lipinski definition) is 3. The molecule has 5 heteroatoms. The minimum absolute atomic E-state index is 0.0506. The van der Waals surface area contributed by atoms with E-state index in [1.54, 1.807) is 0 Å². The van der Waals surface area contributed by atoms with Crippen molar-refractivity contribution in [2.45, 2.75) is 39.2 Å². The average Bonchev–Trinajstić information content (AvgIpc) is 2.63. The zero-order valence-electron chi connectivity index (χ0n) is 10.5. The van der Waals surface area contributed by atoms with Crippen LogP contribution in [0, 0.1) is 11.8 Å². The van der Waals surface area contributed by atoms with E-state index in [4.69, 9.17) is 5.11 Å². The summed E-state index contributed by atoms with van der Waals surface area (Å²) in [6.45, 7) is 5.63. The van der Waals surface area contributed by atoms with Gasteiger partial charge in [-0.3, -0.25) is 9.59 Å². The summed E-state index contributed by atoms with van der Waals surface area (Å²) < 4.78 is 0. The van der Waals surface area contributed by atoms with Crippen LogP contribution in [0.3, 0.4) is 0 Å². The highest BCUT2D eigenvalue weighted by molar-refractivity contribution is 5.79. The van der Waals surface area contributed by atoms with Gasteiger partial charge in [-0.15, -0.1) is 0 Å². The Kier molecular flexibility index (Phi) is 5.41. The number of aliphatic carboxylic acids is 1. The lowest BCUT2D eigenvalue weighted by Crippen LogP contribution is -2.39. The van der Waals surface area contributed by atoms with E-state index in [-0.39, 0.29) is 24.3 Å². The number of carbonyl (C=O) groups excluding carboxylic acids is 1. The summed E-state index contributed by atoms with van der Waals surface area (Å²) in [5, 5.41) is 14.7. The summed E-state index contributed by atoms with van der Waals surface area (Å²) in [7, 11) is 0. The highest BCUT2D eigenvalue weighted by Crippen LogP contribution is 2.16. The Bertz CT molecular complexity index is 281. The van der Waals surface area contributed by atoms with Gasteiger partial charge in [0.05, 0.1) is 5.92 Å². The highest BCUT2D eigenvalue weighted by Gasteiger charge is 2.29. The summed E-state index contributed by atoms with van der Waals surface area (Å²) in [5.74, 6) is -0.263. The largest absolute Gasteiger partial charge is 0.481 e. The van der Waals surface area contributed by atoms with Crippen molar-refractivity contribution in [3.05, 3.63) is 0 Å². The molecule has 1 rings (SSSR count). The lowest BCUT2D eigenvalue weighted by Gasteiger charge is -2.18. The molecule has 0 aromatic rings. The Morgan fingerprint density at radius 3 is 2.71 bits per heavy atom. The lowest BCUT2D eigenvalue weighted by atomic mass is 9.97. The van der Waals surface area contributed by atoms with E-state index in [9.17, 15) is 9.59 Å². The van der Waals surface area contributed by atoms with Gasteiger partial charge in [-0.25, -0.2) is 0 Å². The minimum Gasteiger partial charge on any atom is -0.481 e. The number of hydrogen-bond acceptors (Lipinski definition) is 3. The second kappa shape index (κ2) is 6.59. The van der Waals surface area contributed by atoms with Gasteiger partial charge < -0.3 is 15.7 Å². The van der Waals surface area contributed by atoms with Gasteiger partial charge >= 0.3 is 5.97 Å². The molecule has 1 aliphatic rings. The molecule has 1 fully saturated rings. The molecule has 98 valence electrons. The first-order valence-corrected chi connectivity index (χ1v) is 6.23. The van der Waals surface area contributed by atoms with Gasteiger partial charge in [0.1, 0.15) is 0 Å². The third-order valence-corrected chi connectivity index (χ3v) is 3.27. The van der Waals surface area contributed by atoms with Crippen molar-refractivity contribution in [3.63, 3.8) is 0 Å². The zero-order chi connectivity index (χ0) is 12.8. The van der Waals surface area contributed by atoms with Gasteiger partial charge in [0, 0.05) is 19.0 Å².